The van der Waals surface area contributed by atoms with Gasteiger partial charge in [-0.25, -0.2) is 4.98 Å². The molecule has 378 valence electrons. The molecule has 3 saturated heterocycles. The molecule has 0 bridgehead atoms. The van der Waals surface area contributed by atoms with E-state index in [4.69, 9.17) is 19.7 Å². The number of nitrogen functional groups attached to an aromatic ring is 1. The van der Waals surface area contributed by atoms with Crippen molar-refractivity contribution in [1.82, 2.24) is 45.7 Å². The summed E-state index contributed by atoms with van der Waals surface area (Å²) in [4.78, 5) is 52.1. The van der Waals surface area contributed by atoms with Gasteiger partial charge in [0, 0.05) is 81.8 Å². The number of amides is 3. The number of anilines is 1. The Morgan fingerprint density at radius 2 is 1.67 bits per heavy atom. The number of thiazole rings is 1. The van der Waals surface area contributed by atoms with Crippen LogP contribution in [0.1, 0.15) is 67.3 Å². The van der Waals surface area contributed by atoms with E-state index in [1.807, 2.05) is 81.7 Å². The van der Waals surface area contributed by atoms with Crippen LogP contribution in [0, 0.1) is 18.3 Å². The number of phenols is 1. The first-order valence-electron chi connectivity index (χ1n) is 24.4. The Balaban J connectivity index is 0.663. The predicted molar refractivity (Wildman–Crippen MR) is 271 cm³/mol. The van der Waals surface area contributed by atoms with Crippen LogP contribution in [-0.2, 0) is 27.3 Å². The predicted octanol–water partition coefficient (Wildman–Crippen LogP) is 5.36. The first kappa shape index (κ1) is 50.0. The average Bonchev–Trinajstić information content (AvgIpc) is 4.10. The Kier molecular flexibility index (Phi) is 15.2. The number of aromatic nitrogens is 4. The van der Waals surface area contributed by atoms with E-state index in [1.165, 1.54) is 4.90 Å². The lowest BCUT2D eigenvalue weighted by molar-refractivity contribution is -0.141. The van der Waals surface area contributed by atoms with Crippen LogP contribution in [-0.4, -0.2) is 134 Å². The molecule has 1 spiro atoms. The SMILES string of the molecule is Cc1ncsc1-c1ccc([C@H](C)NC(=O)[C@@H]2C[C@@H](O)CN2C(=O)[C@@H](c2cc(OCCN3CC4(C3)CN(CC(=O)NCc3ccc(CCOc5cc(-c6ccccc6O)nnc5N)cc3)C4)no2)C(C)C)cc1. The van der Waals surface area contributed by atoms with E-state index in [0.29, 0.717) is 62.0 Å². The number of likely N-dealkylation sites (tertiary alicyclic amines) is 3. The van der Waals surface area contributed by atoms with Crippen LogP contribution in [0.25, 0.3) is 21.7 Å². The summed E-state index contributed by atoms with van der Waals surface area (Å²) in [5.74, 6) is -0.257. The van der Waals surface area contributed by atoms with Gasteiger partial charge in [-0.3, -0.25) is 24.2 Å². The number of benzene rings is 3. The smallest absolute Gasteiger partial charge is 0.254 e. The number of aliphatic hydroxyl groups excluding tert-OH is 1. The normalized spacial score (nSPS) is 18.3. The van der Waals surface area contributed by atoms with Crippen molar-refractivity contribution >= 4 is 34.9 Å². The number of β-amino-alcohol motifs (C(OH)–C–C–N with tert-alkyl or cyclic N) is 1. The van der Waals surface area contributed by atoms with Gasteiger partial charge in [-0.05, 0) is 59.3 Å². The molecule has 3 aliphatic heterocycles. The molecule has 0 aliphatic carbocycles. The molecule has 3 aliphatic rings. The topological polar surface area (TPSA) is 235 Å². The van der Waals surface area contributed by atoms with Gasteiger partial charge in [0.25, 0.3) is 5.88 Å². The van der Waals surface area contributed by atoms with Crippen molar-refractivity contribution < 1.29 is 38.6 Å². The van der Waals surface area contributed by atoms with Crippen LogP contribution in [0.15, 0.2) is 95.0 Å². The molecular weight excluding hydrogens is 937 g/mol. The summed E-state index contributed by atoms with van der Waals surface area (Å²) in [5, 5.41) is 39.2. The number of nitrogens with one attached hydrogen (secondary N) is 2. The second-order valence-electron chi connectivity index (χ2n) is 19.7. The minimum atomic E-state index is -0.837. The molecule has 0 unspecified atom stereocenters. The largest absolute Gasteiger partial charge is 0.507 e. The van der Waals surface area contributed by atoms with E-state index in [-0.39, 0.29) is 65.5 Å². The van der Waals surface area contributed by atoms with Gasteiger partial charge in [0.05, 0.1) is 41.4 Å². The third-order valence-corrected chi connectivity index (χ3v) is 14.8. The minimum absolute atomic E-state index is 0.0127. The summed E-state index contributed by atoms with van der Waals surface area (Å²) in [6.45, 7) is 13.6. The quantitative estimate of drug-likeness (QED) is 0.0648. The van der Waals surface area contributed by atoms with Gasteiger partial charge in [0.1, 0.15) is 30.0 Å². The number of para-hydroxylation sites is 1. The maximum atomic E-state index is 14.2. The molecular formula is C53H62N10O8S. The van der Waals surface area contributed by atoms with E-state index in [0.717, 1.165) is 59.0 Å². The number of phenolic OH excluding ortho intramolecular Hbond substituents is 1. The fourth-order valence-electron chi connectivity index (χ4n) is 10.0. The molecule has 0 radical (unpaired) electrons. The van der Waals surface area contributed by atoms with Gasteiger partial charge >= 0.3 is 0 Å². The van der Waals surface area contributed by atoms with E-state index < -0.39 is 18.1 Å². The zero-order valence-corrected chi connectivity index (χ0v) is 41.8. The minimum Gasteiger partial charge on any atom is -0.507 e. The van der Waals surface area contributed by atoms with Crippen LogP contribution in [0.4, 0.5) is 5.82 Å². The molecule has 3 aromatic carbocycles. The van der Waals surface area contributed by atoms with Gasteiger partial charge in [0.15, 0.2) is 17.3 Å². The number of ether oxygens (including phenoxy) is 2. The first-order chi connectivity index (χ1) is 34.7. The van der Waals surface area contributed by atoms with E-state index >= 15 is 0 Å². The summed E-state index contributed by atoms with van der Waals surface area (Å²) in [6.07, 6.45) is -0.0560. The van der Waals surface area contributed by atoms with E-state index in [1.54, 1.807) is 47.7 Å². The molecule has 4 atom stereocenters. The summed E-state index contributed by atoms with van der Waals surface area (Å²) in [6, 6.07) is 25.1. The molecule has 3 aromatic heterocycles. The van der Waals surface area contributed by atoms with Crippen LogP contribution < -0.4 is 25.8 Å². The number of aryl methyl sites for hydroxylation is 1. The summed E-state index contributed by atoms with van der Waals surface area (Å²) in [7, 11) is 0. The molecule has 3 fully saturated rings. The first-order valence-corrected chi connectivity index (χ1v) is 25.3. The highest BCUT2D eigenvalue weighted by Crippen LogP contribution is 2.39. The van der Waals surface area contributed by atoms with Gasteiger partial charge < -0.3 is 45.5 Å². The number of rotatable bonds is 20. The molecule has 18 nitrogen and oxygen atoms in total. The number of aliphatic hydroxyl groups is 1. The van der Waals surface area contributed by atoms with Crippen LogP contribution in [0.3, 0.4) is 0 Å². The maximum absolute atomic E-state index is 14.2. The molecule has 19 heteroatoms. The lowest BCUT2D eigenvalue weighted by Gasteiger charge is -2.60. The monoisotopic (exact) mass is 998 g/mol. The van der Waals surface area contributed by atoms with Crippen molar-refractivity contribution in [3.63, 3.8) is 0 Å². The maximum Gasteiger partial charge on any atom is 0.254 e. The number of carbonyl (C=O) groups excluding carboxylic acids is 3. The lowest BCUT2D eigenvalue weighted by atomic mass is 9.73. The Hall–Kier alpha value is -6.93. The number of aromatic hydroxyl groups is 1. The highest BCUT2D eigenvalue weighted by molar-refractivity contribution is 7.13. The second-order valence-corrected chi connectivity index (χ2v) is 20.6. The molecule has 0 saturated carbocycles. The Morgan fingerprint density at radius 1 is 0.931 bits per heavy atom. The van der Waals surface area contributed by atoms with Gasteiger partial charge in [-0.1, -0.05) is 74.5 Å². The van der Waals surface area contributed by atoms with Gasteiger partial charge in [0.2, 0.25) is 17.7 Å². The number of hydrogen-bond donors (Lipinski definition) is 5. The number of carbonyl (C=O) groups is 3. The summed E-state index contributed by atoms with van der Waals surface area (Å²) in [5.41, 5.74) is 14.1. The highest BCUT2D eigenvalue weighted by Gasteiger charge is 2.51. The second kappa shape index (κ2) is 21.8. The fraction of sp³-hybridized carbons (Fsp3) is 0.415. The third kappa shape index (κ3) is 11.5. The standard InChI is InChI=1S/C53H62N10O8S/c1-32(2)48(52(68)63-25-39(64)21-42(63)51(67)57-33(3)37-13-15-38(16-14-37)49-34(4)56-31-72-49)44-23-47(60-71-44)70-20-18-61-27-53(28-61)29-62(30-53)26-46(66)55-24-36-11-9-35(10-12-36)17-19-69-45-22-41(58-59-50(45)54)40-7-5-6-8-43(40)65/h5-16,22-23,31-33,39,42,48,64-65H,17-21,24-30H2,1-4H3,(H2,54,59)(H,55,66)(H,57,67)/t33-,39+,42-,48+/m0/s1. The van der Waals surface area contributed by atoms with Crippen molar-refractivity contribution in [2.75, 3.05) is 64.8 Å². The summed E-state index contributed by atoms with van der Waals surface area (Å²) < 4.78 is 17.6. The van der Waals surface area contributed by atoms with Crippen molar-refractivity contribution in [2.24, 2.45) is 11.3 Å². The van der Waals surface area contributed by atoms with Crippen molar-refractivity contribution in [1.29, 1.82) is 0 Å². The molecule has 9 rings (SSSR count). The highest BCUT2D eigenvalue weighted by atomic mass is 32.1. The molecule has 6 heterocycles. The third-order valence-electron chi connectivity index (χ3n) is 13.8. The molecule has 6 aromatic rings. The van der Waals surface area contributed by atoms with E-state index in [2.05, 4.69) is 40.8 Å². The molecule has 3 amide bonds. The van der Waals surface area contributed by atoms with Gasteiger partial charge in [-0.2, -0.15) is 0 Å². The van der Waals surface area contributed by atoms with Crippen molar-refractivity contribution in [3.05, 3.63) is 119 Å². The zero-order chi connectivity index (χ0) is 50.5. The van der Waals surface area contributed by atoms with Crippen LogP contribution >= 0.6 is 11.3 Å². The average molecular weight is 999 g/mol. The van der Waals surface area contributed by atoms with E-state index in [9.17, 15) is 24.6 Å². The Bertz CT molecular complexity index is 2840. The van der Waals surface area contributed by atoms with Gasteiger partial charge in [-0.15, -0.1) is 21.5 Å². The fourth-order valence-corrected chi connectivity index (χ4v) is 10.9. The zero-order valence-electron chi connectivity index (χ0n) is 41.0. The lowest BCUT2D eigenvalue weighted by Crippen LogP contribution is -2.72. The van der Waals surface area contributed by atoms with Crippen molar-refractivity contribution in [3.8, 4) is 39.1 Å². The molecule has 6 N–H and O–H groups in total. The van der Waals surface area contributed by atoms with Crippen LogP contribution in [0.5, 0.6) is 17.4 Å². The number of nitrogens with zero attached hydrogens (tertiary/aromatic N) is 7. The number of hydrogen-bond acceptors (Lipinski definition) is 16. The Labute approximate surface area is 422 Å². The van der Waals surface area contributed by atoms with Crippen LogP contribution in [0.2, 0.25) is 0 Å². The summed E-state index contributed by atoms with van der Waals surface area (Å²) >= 11 is 1.59. The molecule has 72 heavy (non-hydrogen) atoms. The Morgan fingerprint density at radius 3 is 2.39 bits per heavy atom. The number of nitrogens with two attached hydrogens (primary N) is 1. The van der Waals surface area contributed by atoms with Crippen molar-refractivity contribution in [2.45, 2.75) is 71.2 Å².